The minimum absolute atomic E-state index is 0.935. The SMILES string of the molecule is F[B-](F)(F)F.c1ccc(C[n+]2cc[nH]c2)cc1. The van der Waals surface area contributed by atoms with Gasteiger partial charge in [0.25, 0.3) is 0 Å². The topological polar surface area (TPSA) is 19.7 Å². The molecular formula is C10H11BF4N2. The van der Waals surface area contributed by atoms with Crippen molar-refractivity contribution >= 4 is 7.25 Å². The predicted molar refractivity (Wildman–Crippen MR) is 56.7 cm³/mol. The van der Waals surface area contributed by atoms with Crippen molar-refractivity contribution in [1.29, 1.82) is 0 Å². The molecule has 2 nitrogen and oxygen atoms in total. The van der Waals surface area contributed by atoms with Crippen molar-refractivity contribution in [3.63, 3.8) is 0 Å². The summed E-state index contributed by atoms with van der Waals surface area (Å²) >= 11 is 0. The van der Waals surface area contributed by atoms with Gasteiger partial charge in [0.15, 0.2) is 0 Å². The van der Waals surface area contributed by atoms with Crippen LogP contribution >= 0.6 is 0 Å². The van der Waals surface area contributed by atoms with Gasteiger partial charge in [-0.15, -0.1) is 0 Å². The zero-order valence-corrected chi connectivity index (χ0v) is 8.86. The van der Waals surface area contributed by atoms with Crippen molar-refractivity contribution in [3.05, 3.63) is 54.6 Å². The molecule has 0 aliphatic carbocycles. The first-order valence-electron chi connectivity index (χ1n) is 4.88. The van der Waals surface area contributed by atoms with Gasteiger partial charge < -0.3 is 17.3 Å². The van der Waals surface area contributed by atoms with Crippen LogP contribution in [0.2, 0.25) is 0 Å². The molecule has 0 aliphatic rings. The van der Waals surface area contributed by atoms with Crippen molar-refractivity contribution in [1.82, 2.24) is 4.98 Å². The molecule has 1 aromatic carbocycles. The lowest BCUT2D eigenvalue weighted by Crippen LogP contribution is -2.30. The van der Waals surface area contributed by atoms with Crippen molar-refractivity contribution in [3.8, 4) is 0 Å². The molecular weight excluding hydrogens is 235 g/mol. The number of halogens is 4. The number of aromatic amines is 1. The molecule has 0 amide bonds. The zero-order chi connectivity index (χ0) is 12.7. The normalized spacial score (nSPS) is 10.6. The molecule has 1 heterocycles. The van der Waals surface area contributed by atoms with E-state index in [9.17, 15) is 17.3 Å². The van der Waals surface area contributed by atoms with Crippen molar-refractivity contribution < 1.29 is 21.8 Å². The first-order valence-corrected chi connectivity index (χ1v) is 4.88. The number of rotatable bonds is 2. The Balaban J connectivity index is 0.000000249. The number of hydrogen-bond donors (Lipinski definition) is 1. The van der Waals surface area contributed by atoms with Crippen LogP contribution in [0.1, 0.15) is 5.56 Å². The van der Waals surface area contributed by atoms with Crippen molar-refractivity contribution in [2.45, 2.75) is 6.54 Å². The second kappa shape index (κ2) is 6.07. The van der Waals surface area contributed by atoms with Gasteiger partial charge >= 0.3 is 7.25 Å². The molecule has 0 spiro atoms. The Morgan fingerprint density at radius 3 is 2.12 bits per heavy atom. The fourth-order valence-corrected chi connectivity index (χ4v) is 1.21. The number of H-pyrrole nitrogens is 1. The second-order valence-electron chi connectivity index (χ2n) is 3.26. The van der Waals surface area contributed by atoms with E-state index in [1.165, 1.54) is 5.56 Å². The summed E-state index contributed by atoms with van der Waals surface area (Å²) in [4.78, 5) is 3.01. The lowest BCUT2D eigenvalue weighted by Gasteiger charge is -1.95. The van der Waals surface area contributed by atoms with Gasteiger partial charge in [0.2, 0.25) is 6.33 Å². The maximum atomic E-state index is 9.75. The van der Waals surface area contributed by atoms with E-state index in [4.69, 9.17) is 0 Å². The molecule has 0 radical (unpaired) electrons. The average Bonchev–Trinajstić information content (AvgIpc) is 2.69. The highest BCUT2D eigenvalue weighted by Crippen LogP contribution is 2.06. The summed E-state index contributed by atoms with van der Waals surface area (Å²) in [5.74, 6) is 0. The minimum Gasteiger partial charge on any atom is -0.418 e. The summed E-state index contributed by atoms with van der Waals surface area (Å²) in [6, 6.07) is 10.4. The van der Waals surface area contributed by atoms with Gasteiger partial charge in [0.1, 0.15) is 18.9 Å². The summed E-state index contributed by atoms with van der Waals surface area (Å²) in [6.07, 6.45) is 5.89. The zero-order valence-electron chi connectivity index (χ0n) is 8.86. The third-order valence-corrected chi connectivity index (χ3v) is 1.81. The van der Waals surface area contributed by atoms with Crippen molar-refractivity contribution in [2.24, 2.45) is 0 Å². The Bertz CT molecular complexity index is 408. The Hall–Kier alpha value is -1.79. The van der Waals surface area contributed by atoms with Gasteiger partial charge in [0, 0.05) is 0 Å². The standard InChI is InChI=1S/C10H10N2.BF4/c1-2-4-10(5-3-1)8-12-7-6-11-9-12;2-1(3,4)5/h1-7,9H,8H2;/q;-1/p+1. The largest absolute Gasteiger partial charge is 0.673 e. The van der Waals surface area contributed by atoms with Crippen LogP contribution < -0.4 is 4.57 Å². The van der Waals surface area contributed by atoms with E-state index < -0.39 is 7.25 Å². The maximum Gasteiger partial charge on any atom is 0.673 e. The molecule has 0 bridgehead atoms. The molecule has 2 rings (SSSR count). The average molecular weight is 246 g/mol. The summed E-state index contributed by atoms with van der Waals surface area (Å²) in [6.45, 7) is 0.935. The highest BCUT2D eigenvalue weighted by atomic mass is 19.5. The van der Waals surface area contributed by atoms with Crippen LogP contribution in [0.5, 0.6) is 0 Å². The van der Waals surface area contributed by atoms with Gasteiger partial charge in [-0.25, -0.2) is 4.57 Å². The predicted octanol–water partition coefficient (Wildman–Crippen LogP) is 2.65. The number of imidazole rings is 1. The van der Waals surface area contributed by atoms with Crippen LogP contribution in [0.15, 0.2) is 49.1 Å². The molecule has 0 saturated heterocycles. The van der Waals surface area contributed by atoms with Crippen LogP contribution in [-0.2, 0) is 6.54 Å². The maximum absolute atomic E-state index is 9.75. The van der Waals surface area contributed by atoms with Crippen LogP contribution in [0, 0.1) is 0 Å². The van der Waals surface area contributed by atoms with Crippen molar-refractivity contribution in [2.75, 3.05) is 0 Å². The molecule has 0 fully saturated rings. The number of nitrogens with one attached hydrogen (secondary N) is 1. The molecule has 2 aromatic rings. The number of benzene rings is 1. The molecule has 0 atom stereocenters. The first-order chi connectivity index (χ1) is 7.95. The highest BCUT2D eigenvalue weighted by Gasteiger charge is 2.20. The van der Waals surface area contributed by atoms with E-state index >= 15 is 0 Å². The summed E-state index contributed by atoms with van der Waals surface area (Å²) in [5, 5.41) is 0. The van der Waals surface area contributed by atoms with Crippen LogP contribution in [0.25, 0.3) is 0 Å². The molecule has 0 unspecified atom stereocenters. The molecule has 7 heteroatoms. The quantitative estimate of drug-likeness (QED) is 0.477. The first kappa shape index (κ1) is 13.3. The van der Waals surface area contributed by atoms with E-state index in [0.29, 0.717) is 0 Å². The molecule has 92 valence electrons. The van der Waals surface area contributed by atoms with E-state index in [1.807, 2.05) is 24.8 Å². The summed E-state index contributed by atoms with van der Waals surface area (Å²) in [5.41, 5.74) is 1.32. The van der Waals surface area contributed by atoms with Gasteiger partial charge in [0.05, 0.1) is 0 Å². The van der Waals surface area contributed by atoms with Gasteiger partial charge in [-0.1, -0.05) is 30.3 Å². The Labute approximate surface area is 96.0 Å². The third kappa shape index (κ3) is 7.16. The summed E-state index contributed by atoms with van der Waals surface area (Å²) in [7, 11) is -6.00. The van der Waals surface area contributed by atoms with Crippen LogP contribution in [-0.4, -0.2) is 12.2 Å². The number of hydrogen-bond acceptors (Lipinski definition) is 0. The van der Waals surface area contributed by atoms with E-state index in [0.717, 1.165) is 6.54 Å². The Morgan fingerprint density at radius 2 is 1.65 bits per heavy atom. The lowest BCUT2D eigenvalue weighted by atomic mass is 10.2. The second-order valence-corrected chi connectivity index (χ2v) is 3.26. The summed E-state index contributed by atoms with van der Waals surface area (Å²) < 4.78 is 41.1. The fraction of sp³-hybridized carbons (Fsp3) is 0.100. The number of nitrogens with zero attached hydrogens (tertiary/aromatic N) is 1. The third-order valence-electron chi connectivity index (χ3n) is 1.81. The van der Waals surface area contributed by atoms with E-state index in [1.54, 1.807) is 0 Å². The highest BCUT2D eigenvalue weighted by molar-refractivity contribution is 6.50. The Morgan fingerprint density at radius 1 is 1.06 bits per heavy atom. The molecule has 0 saturated carbocycles. The monoisotopic (exact) mass is 246 g/mol. The van der Waals surface area contributed by atoms with Gasteiger partial charge in [-0.3, -0.25) is 4.98 Å². The lowest BCUT2D eigenvalue weighted by molar-refractivity contribution is -0.687. The molecule has 17 heavy (non-hydrogen) atoms. The molecule has 0 aliphatic heterocycles. The van der Waals surface area contributed by atoms with E-state index in [-0.39, 0.29) is 0 Å². The molecule has 1 aromatic heterocycles. The van der Waals surface area contributed by atoms with Gasteiger partial charge in [-0.2, -0.15) is 0 Å². The minimum atomic E-state index is -6.00. The number of aromatic nitrogens is 2. The smallest absolute Gasteiger partial charge is 0.418 e. The fourth-order valence-electron chi connectivity index (χ4n) is 1.21. The van der Waals surface area contributed by atoms with Crippen LogP contribution in [0.3, 0.4) is 0 Å². The van der Waals surface area contributed by atoms with E-state index in [2.05, 4.69) is 33.8 Å². The molecule has 1 N–H and O–H groups in total. The van der Waals surface area contributed by atoms with Gasteiger partial charge in [-0.05, 0) is 5.56 Å². The Kier molecular flexibility index (Phi) is 4.75. The van der Waals surface area contributed by atoms with Crippen LogP contribution in [0.4, 0.5) is 17.3 Å².